The van der Waals surface area contributed by atoms with E-state index in [4.69, 9.17) is 9.15 Å². The molecule has 2 N–H and O–H groups in total. The molecule has 0 bridgehead atoms. The van der Waals surface area contributed by atoms with Crippen molar-refractivity contribution in [3.8, 4) is 11.5 Å². The highest BCUT2D eigenvalue weighted by atomic mass is 19.1. The number of carbonyl (C=O) groups excluding carboxylic acids is 1. The molecule has 0 aliphatic rings. The first kappa shape index (κ1) is 19.4. The van der Waals surface area contributed by atoms with Crippen molar-refractivity contribution < 1.29 is 18.3 Å². The van der Waals surface area contributed by atoms with E-state index in [1.165, 1.54) is 12.1 Å². The van der Waals surface area contributed by atoms with Gasteiger partial charge in [0.25, 0.3) is 0 Å². The molecule has 1 atom stereocenters. The number of hydrogen-bond donors (Lipinski definition) is 2. The van der Waals surface area contributed by atoms with E-state index in [1.807, 2.05) is 43.3 Å². The first-order valence-corrected chi connectivity index (χ1v) is 8.80. The lowest BCUT2D eigenvalue weighted by molar-refractivity contribution is 0.233. The number of amides is 2. The molecule has 6 nitrogen and oxygen atoms in total. The molecule has 0 aliphatic heterocycles. The molecule has 28 heavy (non-hydrogen) atoms. The van der Waals surface area contributed by atoms with Crippen LogP contribution in [0.15, 0.2) is 71.3 Å². The fourth-order valence-corrected chi connectivity index (χ4v) is 2.69. The zero-order valence-corrected chi connectivity index (χ0v) is 15.7. The molecule has 2 aromatic carbocycles. The number of para-hydroxylation sites is 2. The van der Waals surface area contributed by atoms with E-state index in [9.17, 15) is 9.18 Å². The lowest BCUT2D eigenvalue weighted by atomic mass is 10.2. The standard InChI is InChI=1S/C21H22FN3O3/c1-25(2)17(18-12-7-13-27-18)14-23-21(26)24-20-16(22)10-6-11-19(20)28-15-8-4-3-5-9-15/h3-13,17H,14H2,1-2H3,(H2,23,24,26). The number of anilines is 1. The molecule has 0 spiro atoms. The van der Waals surface area contributed by atoms with Crippen molar-refractivity contribution in [2.75, 3.05) is 26.0 Å². The van der Waals surface area contributed by atoms with Crippen LogP contribution >= 0.6 is 0 Å². The van der Waals surface area contributed by atoms with Crippen LogP contribution in [0.2, 0.25) is 0 Å². The highest BCUT2D eigenvalue weighted by Crippen LogP contribution is 2.31. The molecule has 146 valence electrons. The molecule has 1 unspecified atom stereocenters. The van der Waals surface area contributed by atoms with E-state index in [0.717, 1.165) is 5.76 Å². The first-order valence-electron chi connectivity index (χ1n) is 8.80. The third kappa shape index (κ3) is 4.89. The van der Waals surface area contributed by atoms with Crippen LogP contribution in [0.4, 0.5) is 14.9 Å². The third-order valence-corrected chi connectivity index (χ3v) is 4.14. The summed E-state index contributed by atoms with van der Waals surface area (Å²) in [6.07, 6.45) is 1.58. The Morgan fingerprint density at radius 2 is 1.89 bits per heavy atom. The summed E-state index contributed by atoms with van der Waals surface area (Å²) >= 11 is 0. The number of nitrogens with one attached hydrogen (secondary N) is 2. The number of rotatable bonds is 7. The van der Waals surface area contributed by atoms with Crippen molar-refractivity contribution in [2.24, 2.45) is 0 Å². The number of benzene rings is 2. The van der Waals surface area contributed by atoms with Crippen LogP contribution in [-0.4, -0.2) is 31.6 Å². The fraction of sp³-hybridized carbons (Fsp3) is 0.190. The molecular formula is C21H22FN3O3. The minimum Gasteiger partial charge on any atom is -0.468 e. The van der Waals surface area contributed by atoms with Gasteiger partial charge in [-0.1, -0.05) is 24.3 Å². The van der Waals surface area contributed by atoms with Crippen LogP contribution in [-0.2, 0) is 0 Å². The summed E-state index contributed by atoms with van der Waals surface area (Å²) in [5.41, 5.74) is -0.0248. The van der Waals surface area contributed by atoms with Gasteiger partial charge in [0.05, 0.1) is 12.3 Å². The first-order chi connectivity index (χ1) is 13.5. The van der Waals surface area contributed by atoms with Crippen molar-refractivity contribution in [2.45, 2.75) is 6.04 Å². The second kappa shape index (κ2) is 9.05. The van der Waals surface area contributed by atoms with Gasteiger partial charge >= 0.3 is 6.03 Å². The zero-order valence-electron chi connectivity index (χ0n) is 15.7. The van der Waals surface area contributed by atoms with Gasteiger partial charge < -0.3 is 19.8 Å². The predicted octanol–water partition coefficient (Wildman–Crippen LogP) is 4.64. The molecule has 3 aromatic rings. The maximum absolute atomic E-state index is 14.3. The average molecular weight is 383 g/mol. The van der Waals surface area contributed by atoms with Gasteiger partial charge in [-0.2, -0.15) is 0 Å². The Morgan fingerprint density at radius 3 is 2.57 bits per heavy atom. The zero-order chi connectivity index (χ0) is 19.9. The Hall–Kier alpha value is -3.32. The minimum atomic E-state index is -0.584. The van der Waals surface area contributed by atoms with Crippen molar-refractivity contribution in [3.05, 3.63) is 78.5 Å². The Morgan fingerprint density at radius 1 is 1.11 bits per heavy atom. The fourth-order valence-electron chi connectivity index (χ4n) is 2.69. The van der Waals surface area contributed by atoms with Gasteiger partial charge in [0, 0.05) is 6.54 Å². The summed E-state index contributed by atoms with van der Waals surface area (Å²) in [5.74, 6) is 0.904. The number of nitrogens with zero attached hydrogens (tertiary/aromatic N) is 1. The number of urea groups is 1. The molecular weight excluding hydrogens is 361 g/mol. The van der Waals surface area contributed by atoms with Crippen molar-refractivity contribution in [1.29, 1.82) is 0 Å². The highest BCUT2D eigenvalue weighted by molar-refractivity contribution is 5.91. The topological polar surface area (TPSA) is 66.7 Å². The van der Waals surface area contributed by atoms with E-state index in [2.05, 4.69) is 10.6 Å². The number of ether oxygens (including phenoxy) is 1. The Balaban J connectivity index is 1.68. The molecule has 0 aliphatic carbocycles. The van der Waals surface area contributed by atoms with Crippen LogP contribution in [0.25, 0.3) is 0 Å². The van der Waals surface area contributed by atoms with Gasteiger partial charge in [-0.3, -0.25) is 4.90 Å². The number of halogens is 1. The second-order valence-corrected chi connectivity index (χ2v) is 6.36. The number of likely N-dealkylation sites (N-methyl/N-ethyl adjacent to an activating group) is 1. The van der Waals surface area contributed by atoms with Gasteiger partial charge in [0.2, 0.25) is 0 Å². The van der Waals surface area contributed by atoms with Gasteiger partial charge in [0.15, 0.2) is 11.6 Å². The van der Waals surface area contributed by atoms with Crippen LogP contribution in [0.5, 0.6) is 11.5 Å². The van der Waals surface area contributed by atoms with Gasteiger partial charge in [-0.05, 0) is 50.5 Å². The van der Waals surface area contributed by atoms with Crippen molar-refractivity contribution in [1.82, 2.24) is 10.2 Å². The van der Waals surface area contributed by atoms with E-state index >= 15 is 0 Å². The molecule has 1 aromatic heterocycles. The van der Waals surface area contributed by atoms with Crippen molar-refractivity contribution >= 4 is 11.7 Å². The predicted molar refractivity (Wildman–Crippen MR) is 105 cm³/mol. The third-order valence-electron chi connectivity index (χ3n) is 4.14. The lowest BCUT2D eigenvalue weighted by Crippen LogP contribution is -2.37. The van der Waals surface area contributed by atoms with Crippen LogP contribution in [0, 0.1) is 5.82 Å². The molecule has 0 saturated carbocycles. The monoisotopic (exact) mass is 383 g/mol. The molecule has 3 rings (SSSR count). The minimum absolute atomic E-state index is 0.0248. The van der Waals surface area contributed by atoms with Crippen molar-refractivity contribution in [3.63, 3.8) is 0 Å². The second-order valence-electron chi connectivity index (χ2n) is 6.36. The van der Waals surface area contributed by atoms with Gasteiger partial charge in [-0.25, -0.2) is 9.18 Å². The largest absolute Gasteiger partial charge is 0.468 e. The molecule has 0 saturated heterocycles. The van der Waals surface area contributed by atoms with E-state index in [1.54, 1.807) is 30.5 Å². The number of furan rings is 1. The van der Waals surface area contributed by atoms with Gasteiger partial charge in [-0.15, -0.1) is 0 Å². The smallest absolute Gasteiger partial charge is 0.319 e. The Bertz CT molecular complexity index is 899. The maximum Gasteiger partial charge on any atom is 0.319 e. The Labute approximate surface area is 162 Å². The normalized spacial score (nSPS) is 11.9. The molecule has 7 heteroatoms. The number of carbonyl (C=O) groups is 1. The highest BCUT2D eigenvalue weighted by Gasteiger charge is 2.19. The van der Waals surface area contributed by atoms with Crippen LogP contribution in [0.1, 0.15) is 11.8 Å². The molecule has 1 heterocycles. The van der Waals surface area contributed by atoms with Crippen LogP contribution < -0.4 is 15.4 Å². The Kier molecular flexibility index (Phi) is 6.29. The molecule has 0 fully saturated rings. The summed E-state index contributed by atoms with van der Waals surface area (Å²) < 4.78 is 25.4. The maximum atomic E-state index is 14.3. The summed E-state index contributed by atoms with van der Waals surface area (Å²) in [6, 6.07) is 16.3. The number of hydrogen-bond acceptors (Lipinski definition) is 4. The van der Waals surface area contributed by atoms with E-state index < -0.39 is 11.8 Å². The average Bonchev–Trinajstić information content (AvgIpc) is 3.20. The quantitative estimate of drug-likeness (QED) is 0.624. The van der Waals surface area contributed by atoms with Crippen LogP contribution in [0.3, 0.4) is 0 Å². The molecule has 0 radical (unpaired) electrons. The summed E-state index contributed by atoms with van der Waals surface area (Å²) in [7, 11) is 3.77. The van der Waals surface area contributed by atoms with Gasteiger partial charge in [0.1, 0.15) is 17.2 Å². The summed E-state index contributed by atoms with van der Waals surface area (Å²) in [6.45, 7) is 0.287. The van der Waals surface area contributed by atoms with E-state index in [0.29, 0.717) is 5.75 Å². The summed E-state index contributed by atoms with van der Waals surface area (Å²) in [5, 5.41) is 5.28. The van der Waals surface area contributed by atoms with E-state index in [-0.39, 0.29) is 24.0 Å². The molecule has 2 amide bonds. The summed E-state index contributed by atoms with van der Waals surface area (Å²) in [4.78, 5) is 14.3. The SMILES string of the molecule is CN(C)C(CNC(=O)Nc1c(F)cccc1Oc1ccccc1)c1ccco1. The lowest BCUT2D eigenvalue weighted by Gasteiger charge is -2.22.